The minimum absolute atomic E-state index is 0.190. The molecular formula is C9H8N4O3S2. The molecule has 0 aromatic carbocycles. The zero-order valence-electron chi connectivity index (χ0n) is 9.21. The van der Waals surface area contributed by atoms with Crippen LogP contribution in [0.1, 0.15) is 30.0 Å². The summed E-state index contributed by atoms with van der Waals surface area (Å²) in [5, 5.41) is 15.6. The van der Waals surface area contributed by atoms with Crippen LogP contribution < -0.4 is 5.32 Å². The van der Waals surface area contributed by atoms with Crippen molar-refractivity contribution < 1.29 is 14.7 Å². The summed E-state index contributed by atoms with van der Waals surface area (Å²) in [6, 6.07) is 0. The molecule has 0 spiro atoms. The van der Waals surface area contributed by atoms with E-state index < -0.39 is 5.97 Å². The predicted molar refractivity (Wildman–Crippen MR) is 64.9 cm³/mol. The van der Waals surface area contributed by atoms with Crippen molar-refractivity contribution in [2.75, 3.05) is 0 Å². The maximum atomic E-state index is 11.6. The molecule has 2 heterocycles. The lowest BCUT2D eigenvalue weighted by molar-refractivity contribution is 0.0701. The number of rotatable bonds is 4. The van der Waals surface area contributed by atoms with Crippen molar-refractivity contribution in [3.8, 4) is 0 Å². The fraction of sp³-hybridized carbons (Fsp3) is 0.222. The Hall–Kier alpha value is -1.87. The van der Waals surface area contributed by atoms with Gasteiger partial charge in [-0.25, -0.2) is 9.78 Å². The Morgan fingerprint density at radius 2 is 2.28 bits per heavy atom. The number of hydrogen-bond acceptors (Lipinski definition) is 7. The van der Waals surface area contributed by atoms with Crippen molar-refractivity contribution in [2.45, 2.75) is 13.5 Å². The van der Waals surface area contributed by atoms with Gasteiger partial charge in [-0.2, -0.15) is 0 Å². The first kappa shape index (κ1) is 12.6. The van der Waals surface area contributed by atoms with Gasteiger partial charge in [0.15, 0.2) is 0 Å². The first-order valence-corrected chi connectivity index (χ1v) is 6.42. The van der Waals surface area contributed by atoms with Gasteiger partial charge in [0.25, 0.3) is 5.91 Å². The molecule has 0 saturated carbocycles. The van der Waals surface area contributed by atoms with E-state index in [4.69, 9.17) is 5.11 Å². The Morgan fingerprint density at radius 1 is 1.50 bits per heavy atom. The Bertz CT molecular complexity index is 579. The third-order valence-corrected chi connectivity index (χ3v) is 3.83. The SMILES string of the molecule is Cc1nc(CNC(=O)c2cnns2)sc1C(=O)O. The molecule has 94 valence electrons. The van der Waals surface area contributed by atoms with Crippen LogP contribution in [0.25, 0.3) is 0 Å². The van der Waals surface area contributed by atoms with Crippen LogP contribution in [-0.4, -0.2) is 31.6 Å². The molecule has 2 aromatic heterocycles. The van der Waals surface area contributed by atoms with Crippen molar-refractivity contribution in [1.82, 2.24) is 19.9 Å². The second kappa shape index (κ2) is 5.19. The molecule has 0 unspecified atom stereocenters. The monoisotopic (exact) mass is 284 g/mol. The van der Waals surface area contributed by atoms with Crippen LogP contribution in [0.2, 0.25) is 0 Å². The van der Waals surface area contributed by atoms with E-state index in [0.717, 1.165) is 22.9 Å². The van der Waals surface area contributed by atoms with Crippen LogP contribution >= 0.6 is 22.9 Å². The Labute approximate surface area is 110 Å². The molecule has 2 N–H and O–H groups in total. The molecule has 2 rings (SSSR count). The molecule has 18 heavy (non-hydrogen) atoms. The number of carboxylic acid groups (broad SMARTS) is 1. The molecule has 0 saturated heterocycles. The second-order valence-electron chi connectivity index (χ2n) is 3.29. The van der Waals surface area contributed by atoms with E-state index in [0.29, 0.717) is 15.6 Å². The second-order valence-corrected chi connectivity index (χ2v) is 5.16. The number of carbonyl (C=O) groups is 2. The van der Waals surface area contributed by atoms with E-state index in [-0.39, 0.29) is 17.3 Å². The largest absolute Gasteiger partial charge is 0.477 e. The fourth-order valence-corrected chi connectivity index (χ4v) is 2.51. The molecule has 2 aromatic rings. The zero-order chi connectivity index (χ0) is 13.1. The highest BCUT2D eigenvalue weighted by atomic mass is 32.1. The van der Waals surface area contributed by atoms with Gasteiger partial charge in [-0.1, -0.05) is 4.49 Å². The number of nitrogens with one attached hydrogen (secondary N) is 1. The highest BCUT2D eigenvalue weighted by molar-refractivity contribution is 7.13. The molecule has 0 aliphatic rings. The van der Waals surface area contributed by atoms with Crippen molar-refractivity contribution in [3.63, 3.8) is 0 Å². The smallest absolute Gasteiger partial charge is 0.347 e. The van der Waals surface area contributed by atoms with E-state index >= 15 is 0 Å². The van der Waals surface area contributed by atoms with E-state index in [1.807, 2.05) is 0 Å². The molecule has 1 amide bonds. The van der Waals surface area contributed by atoms with Crippen LogP contribution in [0.15, 0.2) is 6.20 Å². The number of carboxylic acids is 1. The summed E-state index contributed by atoms with van der Waals surface area (Å²) < 4.78 is 3.58. The van der Waals surface area contributed by atoms with Crippen LogP contribution in [0, 0.1) is 6.92 Å². The fourth-order valence-electron chi connectivity index (χ4n) is 1.24. The molecule has 0 radical (unpaired) electrons. The lowest BCUT2D eigenvalue weighted by atomic mass is 10.4. The lowest BCUT2D eigenvalue weighted by Gasteiger charge is -1.98. The molecule has 9 heteroatoms. The minimum Gasteiger partial charge on any atom is -0.477 e. The van der Waals surface area contributed by atoms with Gasteiger partial charge in [0.2, 0.25) is 0 Å². The third-order valence-electron chi connectivity index (χ3n) is 2.02. The van der Waals surface area contributed by atoms with Gasteiger partial charge in [-0.05, 0) is 18.5 Å². The highest BCUT2D eigenvalue weighted by Crippen LogP contribution is 2.17. The number of aryl methyl sites for hydroxylation is 1. The van der Waals surface area contributed by atoms with E-state index in [2.05, 4.69) is 19.9 Å². The van der Waals surface area contributed by atoms with Gasteiger partial charge in [0, 0.05) is 0 Å². The quantitative estimate of drug-likeness (QED) is 0.865. The minimum atomic E-state index is -1.01. The van der Waals surface area contributed by atoms with Gasteiger partial charge in [-0.3, -0.25) is 4.79 Å². The number of nitrogens with zero attached hydrogens (tertiary/aromatic N) is 3. The molecule has 0 bridgehead atoms. The number of carbonyl (C=O) groups excluding carboxylic acids is 1. The molecule has 0 atom stereocenters. The average Bonchev–Trinajstić information content (AvgIpc) is 2.94. The van der Waals surface area contributed by atoms with Crippen LogP contribution in [-0.2, 0) is 6.54 Å². The number of thiazole rings is 1. The van der Waals surface area contributed by atoms with Gasteiger partial charge < -0.3 is 10.4 Å². The van der Waals surface area contributed by atoms with E-state index in [1.54, 1.807) is 6.92 Å². The van der Waals surface area contributed by atoms with E-state index in [9.17, 15) is 9.59 Å². The average molecular weight is 284 g/mol. The molecular weight excluding hydrogens is 276 g/mol. The summed E-state index contributed by atoms with van der Waals surface area (Å²) >= 11 is 2.05. The lowest BCUT2D eigenvalue weighted by Crippen LogP contribution is -2.21. The summed E-state index contributed by atoms with van der Waals surface area (Å²) in [6.07, 6.45) is 1.37. The Kier molecular flexibility index (Phi) is 3.63. The van der Waals surface area contributed by atoms with Crippen molar-refractivity contribution >= 4 is 34.7 Å². The summed E-state index contributed by atoms with van der Waals surface area (Å²) in [5.74, 6) is -1.30. The molecule has 7 nitrogen and oxygen atoms in total. The maximum absolute atomic E-state index is 11.6. The third kappa shape index (κ3) is 2.68. The van der Waals surface area contributed by atoms with Crippen molar-refractivity contribution in [2.24, 2.45) is 0 Å². The Morgan fingerprint density at radius 3 is 2.83 bits per heavy atom. The normalized spacial score (nSPS) is 10.3. The van der Waals surface area contributed by atoms with Crippen LogP contribution in [0.4, 0.5) is 0 Å². The number of amides is 1. The van der Waals surface area contributed by atoms with Crippen LogP contribution in [0.3, 0.4) is 0 Å². The van der Waals surface area contributed by atoms with Gasteiger partial charge in [0.1, 0.15) is 14.8 Å². The zero-order valence-corrected chi connectivity index (χ0v) is 10.8. The van der Waals surface area contributed by atoms with Crippen molar-refractivity contribution in [3.05, 3.63) is 26.7 Å². The first-order valence-electron chi connectivity index (χ1n) is 4.83. The van der Waals surface area contributed by atoms with Gasteiger partial charge >= 0.3 is 5.97 Å². The Balaban J connectivity index is 2.01. The summed E-state index contributed by atoms with van der Waals surface area (Å²) in [4.78, 5) is 27.1. The first-order chi connectivity index (χ1) is 8.58. The molecule has 0 aliphatic carbocycles. The number of hydrogen-bond donors (Lipinski definition) is 2. The molecule has 0 fully saturated rings. The highest BCUT2D eigenvalue weighted by Gasteiger charge is 2.15. The topological polar surface area (TPSA) is 105 Å². The van der Waals surface area contributed by atoms with E-state index in [1.165, 1.54) is 6.20 Å². The molecule has 0 aliphatic heterocycles. The maximum Gasteiger partial charge on any atom is 0.347 e. The van der Waals surface area contributed by atoms with Gasteiger partial charge in [-0.15, -0.1) is 16.4 Å². The number of aromatic carboxylic acids is 1. The van der Waals surface area contributed by atoms with Crippen LogP contribution in [0.5, 0.6) is 0 Å². The predicted octanol–water partition coefficient (Wildman–Crippen LogP) is 0.931. The number of aromatic nitrogens is 3. The van der Waals surface area contributed by atoms with Gasteiger partial charge in [0.05, 0.1) is 18.4 Å². The summed E-state index contributed by atoms with van der Waals surface area (Å²) in [7, 11) is 0. The van der Waals surface area contributed by atoms with Crippen molar-refractivity contribution in [1.29, 1.82) is 0 Å². The summed E-state index contributed by atoms with van der Waals surface area (Å²) in [6.45, 7) is 1.81. The standard InChI is InChI=1S/C9H8N4O3S2/c1-4-7(9(15)16)17-6(12-4)3-10-8(14)5-2-11-13-18-5/h2H,3H2,1H3,(H,10,14)(H,15,16). The summed E-state index contributed by atoms with van der Waals surface area (Å²) in [5.41, 5.74) is 0.455.